The second-order valence-corrected chi connectivity index (χ2v) is 8.48. The van der Waals surface area contributed by atoms with E-state index in [0.717, 1.165) is 36.6 Å². The zero-order valence-corrected chi connectivity index (χ0v) is 18.3. The maximum Gasteiger partial charge on any atom is 0.188 e. The van der Waals surface area contributed by atoms with Gasteiger partial charge < -0.3 is 10.2 Å². The fraction of sp³-hybridized carbons (Fsp3) is 0.435. The molecule has 0 spiro atoms. The first-order valence-electron chi connectivity index (χ1n) is 9.94. The zero-order chi connectivity index (χ0) is 19.6. The Morgan fingerprint density at radius 2 is 1.56 bits per heavy atom. The van der Waals surface area contributed by atoms with Crippen LogP contribution in [0.25, 0.3) is 10.2 Å². The van der Waals surface area contributed by atoms with Gasteiger partial charge in [0.05, 0.1) is 15.9 Å². The van der Waals surface area contributed by atoms with Crippen LogP contribution in [0.1, 0.15) is 48.9 Å². The summed E-state index contributed by atoms with van der Waals surface area (Å²) in [4.78, 5) is 7.43. The number of hydrogen-bond acceptors (Lipinski definition) is 4. The SMILES string of the molecule is CCCN(CCC)c1c(C)ccc2nc(Nc3c(C)cc(C)cc3C)sc12. The summed E-state index contributed by atoms with van der Waals surface area (Å²) < 4.78 is 1.29. The summed E-state index contributed by atoms with van der Waals surface area (Å²) in [5.74, 6) is 0. The first-order chi connectivity index (χ1) is 12.9. The largest absolute Gasteiger partial charge is 0.370 e. The number of benzene rings is 2. The smallest absolute Gasteiger partial charge is 0.188 e. The van der Waals surface area contributed by atoms with Crippen molar-refractivity contribution in [2.24, 2.45) is 0 Å². The summed E-state index contributed by atoms with van der Waals surface area (Å²) in [5.41, 5.74) is 8.79. The summed E-state index contributed by atoms with van der Waals surface area (Å²) in [6.45, 7) is 15.4. The molecule has 3 rings (SSSR count). The van der Waals surface area contributed by atoms with Crippen molar-refractivity contribution < 1.29 is 0 Å². The van der Waals surface area contributed by atoms with Gasteiger partial charge in [-0.1, -0.05) is 48.9 Å². The molecule has 0 fully saturated rings. The van der Waals surface area contributed by atoms with E-state index in [4.69, 9.17) is 4.98 Å². The quantitative estimate of drug-likeness (QED) is 0.482. The summed E-state index contributed by atoms with van der Waals surface area (Å²) >= 11 is 1.77. The molecule has 0 aliphatic heterocycles. The van der Waals surface area contributed by atoms with E-state index in [0.29, 0.717) is 0 Å². The Morgan fingerprint density at radius 1 is 0.926 bits per heavy atom. The van der Waals surface area contributed by atoms with Crippen LogP contribution in [-0.2, 0) is 0 Å². The molecule has 3 nitrogen and oxygen atoms in total. The van der Waals surface area contributed by atoms with Crippen LogP contribution in [0.15, 0.2) is 24.3 Å². The third kappa shape index (κ3) is 4.11. The molecule has 0 saturated carbocycles. The van der Waals surface area contributed by atoms with Crippen molar-refractivity contribution in [3.05, 3.63) is 46.5 Å². The number of fused-ring (bicyclic) bond motifs is 1. The molecule has 1 N–H and O–H groups in total. The minimum Gasteiger partial charge on any atom is -0.370 e. The maximum atomic E-state index is 4.90. The van der Waals surface area contributed by atoms with E-state index >= 15 is 0 Å². The Morgan fingerprint density at radius 3 is 2.15 bits per heavy atom. The van der Waals surface area contributed by atoms with E-state index in [-0.39, 0.29) is 0 Å². The number of aromatic nitrogens is 1. The highest BCUT2D eigenvalue weighted by molar-refractivity contribution is 7.22. The summed E-state index contributed by atoms with van der Waals surface area (Å²) in [7, 11) is 0. The molecule has 2 aromatic carbocycles. The number of hydrogen-bond donors (Lipinski definition) is 1. The molecule has 1 heterocycles. The molecule has 0 aliphatic rings. The van der Waals surface area contributed by atoms with Crippen molar-refractivity contribution in [2.75, 3.05) is 23.3 Å². The molecule has 0 saturated heterocycles. The average Bonchev–Trinajstić information content (AvgIpc) is 3.00. The van der Waals surface area contributed by atoms with Crippen molar-refractivity contribution in [3.8, 4) is 0 Å². The second kappa shape index (κ2) is 8.30. The predicted molar refractivity (Wildman–Crippen MR) is 121 cm³/mol. The van der Waals surface area contributed by atoms with Crippen LogP contribution in [0.3, 0.4) is 0 Å². The molecule has 27 heavy (non-hydrogen) atoms. The van der Waals surface area contributed by atoms with E-state index in [9.17, 15) is 0 Å². The molecule has 0 aliphatic carbocycles. The lowest BCUT2D eigenvalue weighted by molar-refractivity contribution is 0.746. The van der Waals surface area contributed by atoms with Crippen LogP contribution in [0.4, 0.5) is 16.5 Å². The van der Waals surface area contributed by atoms with Gasteiger partial charge in [-0.2, -0.15) is 0 Å². The number of thiazole rings is 1. The Balaban J connectivity index is 2.04. The normalized spacial score (nSPS) is 11.2. The Bertz CT molecular complexity index is 913. The standard InChI is InChI=1S/C23H31N3S/c1-7-11-26(12-8-2)21-16(4)9-10-19-22(21)27-23(24-19)25-20-17(5)13-15(3)14-18(20)6/h9-10,13-14H,7-8,11-12H2,1-6H3,(H,24,25). The van der Waals surface area contributed by atoms with Gasteiger partial charge in [0.15, 0.2) is 5.13 Å². The second-order valence-electron chi connectivity index (χ2n) is 7.48. The third-order valence-corrected chi connectivity index (χ3v) is 5.94. The third-order valence-electron chi connectivity index (χ3n) is 4.95. The van der Waals surface area contributed by atoms with Crippen LogP contribution >= 0.6 is 11.3 Å². The molecule has 0 amide bonds. The van der Waals surface area contributed by atoms with Gasteiger partial charge in [-0.25, -0.2) is 4.98 Å². The highest BCUT2D eigenvalue weighted by Gasteiger charge is 2.16. The monoisotopic (exact) mass is 381 g/mol. The minimum absolute atomic E-state index is 0.972. The Kier molecular flexibility index (Phi) is 6.05. The number of aryl methyl sites for hydroxylation is 4. The lowest BCUT2D eigenvalue weighted by Gasteiger charge is -2.26. The van der Waals surface area contributed by atoms with Crippen molar-refractivity contribution >= 4 is 38.1 Å². The van der Waals surface area contributed by atoms with Gasteiger partial charge in [-0.3, -0.25) is 0 Å². The molecule has 4 heteroatoms. The first kappa shape index (κ1) is 19.7. The van der Waals surface area contributed by atoms with Crippen LogP contribution in [0.2, 0.25) is 0 Å². The van der Waals surface area contributed by atoms with Gasteiger partial charge in [0.1, 0.15) is 0 Å². The number of nitrogens with one attached hydrogen (secondary N) is 1. The van der Waals surface area contributed by atoms with Gasteiger partial charge in [0, 0.05) is 18.8 Å². The van der Waals surface area contributed by atoms with E-state index < -0.39 is 0 Å². The molecular formula is C23H31N3S. The fourth-order valence-corrected chi connectivity index (χ4v) is 4.98. The topological polar surface area (TPSA) is 28.2 Å². The molecule has 3 aromatic rings. The van der Waals surface area contributed by atoms with Gasteiger partial charge in [0.25, 0.3) is 0 Å². The summed E-state index contributed by atoms with van der Waals surface area (Å²) in [6, 6.07) is 8.81. The van der Waals surface area contributed by atoms with Crippen molar-refractivity contribution in [3.63, 3.8) is 0 Å². The van der Waals surface area contributed by atoms with Gasteiger partial charge >= 0.3 is 0 Å². The van der Waals surface area contributed by atoms with Gasteiger partial charge in [-0.15, -0.1) is 0 Å². The summed E-state index contributed by atoms with van der Waals surface area (Å²) in [6.07, 6.45) is 2.31. The van der Waals surface area contributed by atoms with E-state index in [2.05, 4.69) is 76.0 Å². The van der Waals surface area contributed by atoms with E-state index in [1.165, 1.54) is 38.3 Å². The molecular weight excluding hydrogens is 350 g/mol. The molecule has 0 bridgehead atoms. The van der Waals surface area contributed by atoms with E-state index in [1.54, 1.807) is 11.3 Å². The molecule has 1 aromatic heterocycles. The molecule has 0 radical (unpaired) electrons. The molecule has 144 valence electrons. The predicted octanol–water partition coefficient (Wildman–Crippen LogP) is 6.90. The van der Waals surface area contributed by atoms with Gasteiger partial charge in [-0.05, 0) is 63.3 Å². The highest BCUT2D eigenvalue weighted by Crippen LogP contribution is 2.38. The number of rotatable bonds is 7. The minimum atomic E-state index is 0.972. The molecule has 0 atom stereocenters. The van der Waals surface area contributed by atoms with Crippen LogP contribution in [-0.4, -0.2) is 18.1 Å². The molecule has 0 unspecified atom stereocenters. The van der Waals surface area contributed by atoms with Crippen LogP contribution in [0.5, 0.6) is 0 Å². The maximum absolute atomic E-state index is 4.90. The lowest BCUT2D eigenvalue weighted by Crippen LogP contribution is -2.25. The van der Waals surface area contributed by atoms with Crippen molar-refractivity contribution in [1.29, 1.82) is 0 Å². The summed E-state index contributed by atoms with van der Waals surface area (Å²) in [5, 5.41) is 4.57. The average molecular weight is 382 g/mol. The Labute approximate surface area is 167 Å². The zero-order valence-electron chi connectivity index (χ0n) is 17.4. The van der Waals surface area contributed by atoms with E-state index in [1.807, 2.05) is 0 Å². The fourth-order valence-electron chi connectivity index (χ4n) is 3.88. The first-order valence-corrected chi connectivity index (χ1v) is 10.8. The van der Waals surface area contributed by atoms with Gasteiger partial charge in [0.2, 0.25) is 0 Å². The van der Waals surface area contributed by atoms with Crippen molar-refractivity contribution in [1.82, 2.24) is 4.98 Å². The van der Waals surface area contributed by atoms with Crippen LogP contribution in [0, 0.1) is 27.7 Å². The van der Waals surface area contributed by atoms with Crippen molar-refractivity contribution in [2.45, 2.75) is 54.4 Å². The van der Waals surface area contributed by atoms with Crippen LogP contribution < -0.4 is 10.2 Å². The lowest BCUT2D eigenvalue weighted by atomic mass is 10.1. The highest BCUT2D eigenvalue weighted by atomic mass is 32.1. The number of anilines is 3. The number of nitrogens with zero attached hydrogens (tertiary/aromatic N) is 2. The Hall–Kier alpha value is -2.07.